The van der Waals surface area contributed by atoms with Crippen LogP contribution in [0.4, 0.5) is 0 Å². The minimum Gasteiger partial charge on any atom is -0.264 e. The number of hydrogen-bond acceptors (Lipinski definition) is 3. The summed E-state index contributed by atoms with van der Waals surface area (Å²) >= 11 is 0. The Hall–Kier alpha value is -0.940. The monoisotopic (exact) mass is 242 g/mol. The molecule has 0 aliphatic carbocycles. The van der Waals surface area contributed by atoms with Crippen LogP contribution >= 0.6 is 0 Å². The maximum Gasteiger partial charge on any atom is 0.209 e. The van der Waals surface area contributed by atoms with Crippen molar-refractivity contribution in [2.45, 2.75) is 32.2 Å². The van der Waals surface area contributed by atoms with Gasteiger partial charge in [0.1, 0.15) is 0 Å². The van der Waals surface area contributed by atoms with E-state index >= 15 is 0 Å². The van der Waals surface area contributed by atoms with Gasteiger partial charge in [-0.3, -0.25) is 4.98 Å². The lowest BCUT2D eigenvalue weighted by Gasteiger charge is -2.17. The van der Waals surface area contributed by atoms with Gasteiger partial charge in [0.2, 0.25) is 10.0 Å². The zero-order chi connectivity index (χ0) is 12.0. The highest BCUT2D eigenvalue weighted by atomic mass is 32.2. The molecular weight excluding hydrogens is 224 g/mol. The van der Waals surface area contributed by atoms with Crippen LogP contribution < -0.4 is 4.72 Å². The number of unbranched alkanes of at least 4 members (excludes halogenated alkanes) is 1. The molecule has 4 nitrogen and oxygen atoms in total. The molecule has 16 heavy (non-hydrogen) atoms. The van der Waals surface area contributed by atoms with E-state index in [1.54, 1.807) is 12.4 Å². The Labute approximate surface area is 97.2 Å². The van der Waals surface area contributed by atoms with Gasteiger partial charge in [-0.25, -0.2) is 13.1 Å². The van der Waals surface area contributed by atoms with Crippen LogP contribution in [-0.2, 0) is 10.0 Å². The lowest BCUT2D eigenvalue weighted by molar-refractivity contribution is 0.528. The molecule has 0 aromatic carbocycles. The summed E-state index contributed by atoms with van der Waals surface area (Å²) in [6, 6.07) is 3.55. The predicted octanol–water partition coefficient (Wildman–Crippen LogP) is 1.86. The summed E-state index contributed by atoms with van der Waals surface area (Å²) < 4.78 is 25.1. The number of pyridine rings is 1. The van der Waals surface area contributed by atoms with Crippen LogP contribution in [-0.4, -0.2) is 19.7 Å². The third kappa shape index (κ3) is 4.72. The van der Waals surface area contributed by atoms with E-state index in [4.69, 9.17) is 0 Å². The molecule has 1 atom stereocenters. The number of hydrogen-bond donors (Lipinski definition) is 1. The third-order valence-electron chi connectivity index (χ3n) is 2.29. The van der Waals surface area contributed by atoms with Gasteiger partial charge in [-0.2, -0.15) is 0 Å². The molecule has 0 bridgehead atoms. The highest BCUT2D eigenvalue weighted by molar-refractivity contribution is 7.88. The third-order valence-corrected chi connectivity index (χ3v) is 3.00. The predicted molar refractivity (Wildman–Crippen MR) is 64.5 cm³/mol. The lowest BCUT2D eigenvalue weighted by atomic mass is 10.0. The van der Waals surface area contributed by atoms with Crippen molar-refractivity contribution in [1.82, 2.24) is 9.71 Å². The van der Waals surface area contributed by atoms with Crippen molar-refractivity contribution in [3.05, 3.63) is 30.1 Å². The lowest BCUT2D eigenvalue weighted by Crippen LogP contribution is -2.27. The zero-order valence-electron chi connectivity index (χ0n) is 9.68. The van der Waals surface area contributed by atoms with Crippen LogP contribution in [0.5, 0.6) is 0 Å². The first-order chi connectivity index (χ1) is 7.53. The van der Waals surface area contributed by atoms with E-state index in [1.807, 2.05) is 12.1 Å². The van der Waals surface area contributed by atoms with Gasteiger partial charge in [0, 0.05) is 18.4 Å². The maximum absolute atomic E-state index is 11.2. The molecule has 0 saturated heterocycles. The van der Waals surface area contributed by atoms with Gasteiger partial charge in [-0.1, -0.05) is 25.8 Å². The summed E-state index contributed by atoms with van der Waals surface area (Å²) in [5.74, 6) is 0. The van der Waals surface area contributed by atoms with Crippen molar-refractivity contribution in [3.8, 4) is 0 Å². The number of rotatable bonds is 6. The molecule has 5 heteroatoms. The van der Waals surface area contributed by atoms with E-state index in [2.05, 4.69) is 16.6 Å². The Kier molecular flexibility index (Phi) is 4.89. The number of nitrogens with one attached hydrogen (secondary N) is 1. The van der Waals surface area contributed by atoms with Gasteiger partial charge in [0.25, 0.3) is 0 Å². The highest BCUT2D eigenvalue weighted by Gasteiger charge is 2.15. The second-order valence-corrected chi connectivity index (χ2v) is 5.65. The van der Waals surface area contributed by atoms with Crippen molar-refractivity contribution in [3.63, 3.8) is 0 Å². The zero-order valence-corrected chi connectivity index (χ0v) is 10.5. The molecule has 1 aromatic rings. The van der Waals surface area contributed by atoms with E-state index in [9.17, 15) is 8.42 Å². The fourth-order valence-corrected chi connectivity index (χ4v) is 2.31. The van der Waals surface area contributed by atoms with Crippen molar-refractivity contribution >= 4 is 10.0 Å². The standard InChI is InChI=1S/C11H18N2O2S/c1-3-4-7-11(13-16(2,14)15)10-6-5-8-12-9-10/h5-6,8-9,11,13H,3-4,7H2,1-2H3/t11-/m1/s1. The van der Waals surface area contributed by atoms with Crippen LogP contribution in [0.25, 0.3) is 0 Å². The fraction of sp³-hybridized carbons (Fsp3) is 0.545. The second kappa shape index (κ2) is 5.96. The van der Waals surface area contributed by atoms with E-state index in [-0.39, 0.29) is 6.04 Å². The topological polar surface area (TPSA) is 59.1 Å². The van der Waals surface area contributed by atoms with Gasteiger partial charge >= 0.3 is 0 Å². The van der Waals surface area contributed by atoms with E-state index in [0.717, 1.165) is 24.8 Å². The minimum absolute atomic E-state index is 0.163. The van der Waals surface area contributed by atoms with Gasteiger partial charge in [0.15, 0.2) is 0 Å². The molecule has 1 aromatic heterocycles. The minimum atomic E-state index is -3.18. The Morgan fingerprint density at radius 2 is 2.25 bits per heavy atom. The summed E-state index contributed by atoms with van der Waals surface area (Å²) in [5, 5.41) is 0. The molecule has 0 aliphatic rings. The summed E-state index contributed by atoms with van der Waals surface area (Å²) in [5.41, 5.74) is 0.918. The first kappa shape index (κ1) is 13.1. The van der Waals surface area contributed by atoms with Gasteiger partial charge < -0.3 is 0 Å². The molecule has 1 rings (SSSR count). The van der Waals surface area contributed by atoms with Crippen LogP contribution in [0.1, 0.15) is 37.8 Å². The SMILES string of the molecule is CCCC[C@@H](NS(C)(=O)=O)c1cccnc1. The highest BCUT2D eigenvalue weighted by Crippen LogP contribution is 2.18. The van der Waals surface area contributed by atoms with Crippen molar-refractivity contribution < 1.29 is 8.42 Å². The first-order valence-electron chi connectivity index (χ1n) is 5.40. The average Bonchev–Trinajstić information content (AvgIpc) is 2.24. The average molecular weight is 242 g/mol. The molecule has 90 valence electrons. The van der Waals surface area contributed by atoms with Crippen LogP contribution in [0.2, 0.25) is 0 Å². The largest absolute Gasteiger partial charge is 0.264 e. The van der Waals surface area contributed by atoms with Crippen LogP contribution in [0.15, 0.2) is 24.5 Å². The Morgan fingerprint density at radius 3 is 2.75 bits per heavy atom. The van der Waals surface area contributed by atoms with Crippen molar-refractivity contribution in [2.24, 2.45) is 0 Å². The molecule has 0 amide bonds. The molecular formula is C11H18N2O2S. The summed E-state index contributed by atoms with van der Waals surface area (Å²) in [6.45, 7) is 2.08. The Bertz CT molecular complexity index is 403. The van der Waals surface area contributed by atoms with E-state index < -0.39 is 10.0 Å². The number of nitrogens with zero attached hydrogens (tertiary/aromatic N) is 1. The molecule has 0 saturated carbocycles. The van der Waals surface area contributed by atoms with Gasteiger partial charge in [-0.15, -0.1) is 0 Å². The summed E-state index contributed by atoms with van der Waals surface area (Å²) in [7, 11) is -3.18. The molecule has 0 spiro atoms. The van der Waals surface area contributed by atoms with E-state index in [1.165, 1.54) is 6.26 Å². The molecule has 0 fully saturated rings. The van der Waals surface area contributed by atoms with Crippen molar-refractivity contribution in [2.75, 3.05) is 6.26 Å². The number of aromatic nitrogens is 1. The second-order valence-electron chi connectivity index (χ2n) is 3.87. The molecule has 1 heterocycles. The van der Waals surface area contributed by atoms with Gasteiger partial charge in [0.05, 0.1) is 6.26 Å². The van der Waals surface area contributed by atoms with E-state index in [0.29, 0.717) is 0 Å². The van der Waals surface area contributed by atoms with Crippen LogP contribution in [0.3, 0.4) is 0 Å². The fourth-order valence-electron chi connectivity index (χ4n) is 1.54. The first-order valence-corrected chi connectivity index (χ1v) is 7.29. The van der Waals surface area contributed by atoms with Gasteiger partial charge in [-0.05, 0) is 18.1 Å². The smallest absolute Gasteiger partial charge is 0.209 e. The normalized spacial score (nSPS) is 13.6. The summed E-state index contributed by atoms with van der Waals surface area (Å²) in [4.78, 5) is 4.01. The van der Waals surface area contributed by atoms with Crippen LogP contribution in [0, 0.1) is 0 Å². The molecule has 0 radical (unpaired) electrons. The maximum atomic E-state index is 11.2. The summed E-state index contributed by atoms with van der Waals surface area (Å²) in [6.07, 6.45) is 7.40. The molecule has 1 N–H and O–H groups in total. The molecule has 0 aliphatic heterocycles. The van der Waals surface area contributed by atoms with Crippen molar-refractivity contribution in [1.29, 1.82) is 0 Å². The quantitative estimate of drug-likeness (QED) is 0.828. The Balaban J connectivity index is 2.79. The molecule has 0 unspecified atom stereocenters. The Morgan fingerprint density at radius 1 is 1.50 bits per heavy atom. The number of sulfonamides is 1.